The van der Waals surface area contributed by atoms with E-state index in [9.17, 15) is 24.1 Å². The van der Waals surface area contributed by atoms with Crippen molar-refractivity contribution in [1.82, 2.24) is 9.80 Å². The molecule has 0 saturated carbocycles. The summed E-state index contributed by atoms with van der Waals surface area (Å²) in [5.74, 6) is -0.852. The Hall–Kier alpha value is -3.29. The molecule has 0 unspecified atom stereocenters. The molecule has 3 rings (SSSR count). The van der Waals surface area contributed by atoms with Gasteiger partial charge in [-0.15, -0.1) is 0 Å². The molecule has 2 aromatic carbocycles. The zero-order valence-electron chi connectivity index (χ0n) is 15.4. The minimum Gasteiger partial charge on any atom is -0.339 e. The number of nitro groups is 1. The summed E-state index contributed by atoms with van der Waals surface area (Å²) in [6, 6.07) is 10.5. The monoisotopic (exact) mass is 385 g/mol. The molecule has 7 nitrogen and oxygen atoms in total. The van der Waals surface area contributed by atoms with Crippen molar-refractivity contribution in [3.63, 3.8) is 0 Å². The Kier molecular flexibility index (Phi) is 5.67. The number of carbonyl (C=O) groups excluding carboxylic acids is 2. The largest absolute Gasteiger partial charge is 0.339 e. The van der Waals surface area contributed by atoms with Crippen LogP contribution in [-0.4, -0.2) is 52.7 Å². The highest BCUT2D eigenvalue weighted by molar-refractivity contribution is 5.98. The lowest BCUT2D eigenvalue weighted by molar-refractivity contribution is -0.385. The maximum Gasteiger partial charge on any atom is 0.285 e. The number of benzene rings is 2. The van der Waals surface area contributed by atoms with Crippen LogP contribution in [0.15, 0.2) is 42.5 Å². The topological polar surface area (TPSA) is 83.8 Å². The fourth-order valence-electron chi connectivity index (χ4n) is 3.29. The fraction of sp³-hybridized carbons (Fsp3) is 0.300. The van der Waals surface area contributed by atoms with Crippen LogP contribution in [0.3, 0.4) is 0 Å². The summed E-state index contributed by atoms with van der Waals surface area (Å²) in [5.41, 5.74) is 1.04. The molecule has 28 heavy (non-hydrogen) atoms. The van der Waals surface area contributed by atoms with Gasteiger partial charge in [-0.1, -0.05) is 24.3 Å². The van der Waals surface area contributed by atoms with Crippen molar-refractivity contribution in [2.75, 3.05) is 26.2 Å². The smallest absolute Gasteiger partial charge is 0.285 e. The Morgan fingerprint density at radius 2 is 1.64 bits per heavy atom. The number of amides is 2. The van der Waals surface area contributed by atoms with Crippen LogP contribution < -0.4 is 0 Å². The maximum atomic E-state index is 13.0. The highest BCUT2D eigenvalue weighted by Gasteiger charge is 2.29. The molecule has 1 heterocycles. The molecule has 2 aromatic rings. The van der Waals surface area contributed by atoms with Crippen molar-refractivity contribution < 1.29 is 18.9 Å². The average molecular weight is 385 g/mol. The number of nitro benzene ring substituents is 1. The van der Waals surface area contributed by atoms with Gasteiger partial charge in [0.2, 0.25) is 5.91 Å². The summed E-state index contributed by atoms with van der Waals surface area (Å²) in [6.45, 7) is 2.91. The number of hydrogen-bond acceptors (Lipinski definition) is 4. The highest BCUT2D eigenvalue weighted by atomic mass is 19.1. The van der Waals surface area contributed by atoms with E-state index in [1.165, 1.54) is 23.1 Å². The number of hydrogen-bond donors (Lipinski definition) is 0. The molecule has 1 aliphatic heterocycles. The van der Waals surface area contributed by atoms with Gasteiger partial charge in [0, 0.05) is 31.7 Å². The minimum absolute atomic E-state index is 0.0658. The van der Waals surface area contributed by atoms with Gasteiger partial charge in [-0.25, -0.2) is 4.39 Å². The van der Waals surface area contributed by atoms with Crippen molar-refractivity contribution in [1.29, 1.82) is 0 Å². The standard InChI is InChI=1S/C20H20FN3O4/c1-14-3-2-4-17(19(14)24(27)28)20(26)23-11-9-22(10-12-23)18(25)13-15-5-7-16(21)8-6-15/h2-8H,9-13H2,1H3. The van der Waals surface area contributed by atoms with Gasteiger partial charge < -0.3 is 9.80 Å². The highest BCUT2D eigenvalue weighted by Crippen LogP contribution is 2.25. The predicted octanol–water partition coefficient (Wildman–Crippen LogP) is 2.57. The first-order valence-electron chi connectivity index (χ1n) is 8.92. The molecule has 2 amide bonds. The second kappa shape index (κ2) is 8.16. The molecule has 0 radical (unpaired) electrons. The molecule has 1 aliphatic rings. The number of carbonyl (C=O) groups is 2. The van der Waals surface area contributed by atoms with Gasteiger partial charge in [0.25, 0.3) is 11.6 Å². The van der Waals surface area contributed by atoms with Crippen LogP contribution in [-0.2, 0) is 11.2 Å². The number of nitrogens with zero attached hydrogens (tertiary/aromatic N) is 3. The van der Waals surface area contributed by atoms with Crippen LogP contribution in [0.4, 0.5) is 10.1 Å². The SMILES string of the molecule is Cc1cccc(C(=O)N2CCN(C(=O)Cc3ccc(F)cc3)CC2)c1[N+](=O)[O-]. The summed E-state index contributed by atoms with van der Waals surface area (Å²) in [7, 11) is 0. The first-order chi connectivity index (χ1) is 13.4. The number of aryl methyl sites for hydroxylation is 1. The van der Waals surface area contributed by atoms with Gasteiger partial charge in [0.1, 0.15) is 11.4 Å². The molecular formula is C20H20FN3O4. The molecule has 0 aliphatic carbocycles. The molecule has 0 spiro atoms. The Bertz CT molecular complexity index is 906. The van der Waals surface area contributed by atoms with Crippen molar-refractivity contribution in [2.45, 2.75) is 13.3 Å². The quantitative estimate of drug-likeness (QED) is 0.598. The zero-order chi connectivity index (χ0) is 20.3. The summed E-state index contributed by atoms with van der Waals surface area (Å²) in [6.07, 6.45) is 0.164. The van der Waals surface area contributed by atoms with Crippen LogP contribution in [0.2, 0.25) is 0 Å². The second-order valence-corrected chi connectivity index (χ2v) is 6.70. The van der Waals surface area contributed by atoms with E-state index in [0.717, 1.165) is 5.56 Å². The van der Waals surface area contributed by atoms with Crippen LogP contribution in [0.5, 0.6) is 0 Å². The lowest BCUT2D eigenvalue weighted by Gasteiger charge is -2.34. The molecule has 1 fully saturated rings. The van der Waals surface area contributed by atoms with Gasteiger partial charge in [-0.05, 0) is 30.7 Å². The summed E-state index contributed by atoms with van der Waals surface area (Å²) < 4.78 is 13.0. The van der Waals surface area contributed by atoms with Gasteiger partial charge in [-0.2, -0.15) is 0 Å². The van der Waals surface area contributed by atoms with Crippen molar-refractivity contribution in [2.24, 2.45) is 0 Å². The van der Waals surface area contributed by atoms with E-state index in [1.54, 1.807) is 36.1 Å². The van der Waals surface area contributed by atoms with E-state index >= 15 is 0 Å². The number of rotatable bonds is 4. The van der Waals surface area contributed by atoms with Gasteiger partial charge >= 0.3 is 0 Å². The van der Waals surface area contributed by atoms with Crippen molar-refractivity contribution in [3.05, 3.63) is 75.1 Å². The van der Waals surface area contributed by atoms with E-state index in [2.05, 4.69) is 0 Å². The molecule has 0 atom stereocenters. The van der Waals surface area contributed by atoms with Crippen LogP contribution in [0.1, 0.15) is 21.5 Å². The number of halogens is 1. The molecular weight excluding hydrogens is 365 g/mol. The Morgan fingerprint density at radius 3 is 2.25 bits per heavy atom. The molecule has 146 valence electrons. The molecule has 0 aromatic heterocycles. The van der Waals surface area contributed by atoms with E-state index in [1.807, 2.05) is 0 Å². The molecule has 0 bridgehead atoms. The third-order valence-electron chi connectivity index (χ3n) is 4.84. The third-order valence-corrected chi connectivity index (χ3v) is 4.84. The molecule has 1 saturated heterocycles. The fourth-order valence-corrected chi connectivity index (χ4v) is 3.29. The van der Waals surface area contributed by atoms with Crippen LogP contribution in [0, 0.1) is 22.9 Å². The van der Waals surface area contributed by atoms with Gasteiger partial charge in [0.15, 0.2) is 0 Å². The summed E-state index contributed by atoms with van der Waals surface area (Å²) >= 11 is 0. The van der Waals surface area contributed by atoms with Crippen molar-refractivity contribution in [3.8, 4) is 0 Å². The lowest BCUT2D eigenvalue weighted by atomic mass is 10.1. The van der Waals surface area contributed by atoms with E-state index in [0.29, 0.717) is 31.7 Å². The van der Waals surface area contributed by atoms with Crippen molar-refractivity contribution >= 4 is 17.5 Å². The lowest BCUT2D eigenvalue weighted by Crippen LogP contribution is -2.51. The summed E-state index contributed by atoms with van der Waals surface area (Å²) in [5, 5.41) is 11.3. The van der Waals surface area contributed by atoms with E-state index in [-0.39, 0.29) is 29.4 Å². The van der Waals surface area contributed by atoms with E-state index < -0.39 is 10.8 Å². The minimum atomic E-state index is -0.537. The number of para-hydroxylation sites is 1. The van der Waals surface area contributed by atoms with Crippen LogP contribution >= 0.6 is 0 Å². The summed E-state index contributed by atoms with van der Waals surface area (Å²) in [4.78, 5) is 39.2. The maximum absolute atomic E-state index is 13.0. The van der Waals surface area contributed by atoms with Gasteiger partial charge in [-0.3, -0.25) is 19.7 Å². The number of piperazine rings is 1. The van der Waals surface area contributed by atoms with Crippen LogP contribution in [0.25, 0.3) is 0 Å². The average Bonchev–Trinajstić information content (AvgIpc) is 2.68. The van der Waals surface area contributed by atoms with E-state index in [4.69, 9.17) is 0 Å². The normalized spacial score (nSPS) is 14.1. The molecule has 0 N–H and O–H groups in total. The Morgan fingerprint density at radius 1 is 1.04 bits per heavy atom. The second-order valence-electron chi connectivity index (χ2n) is 6.70. The Labute approximate surface area is 161 Å². The third kappa shape index (κ3) is 4.16. The Balaban J connectivity index is 1.63. The first-order valence-corrected chi connectivity index (χ1v) is 8.92. The first kappa shape index (κ1) is 19.5. The predicted molar refractivity (Wildman–Crippen MR) is 100 cm³/mol. The van der Waals surface area contributed by atoms with Gasteiger partial charge in [0.05, 0.1) is 11.3 Å². The zero-order valence-corrected chi connectivity index (χ0v) is 15.4. The molecule has 8 heteroatoms.